The Balaban J connectivity index is 1.94. The summed E-state index contributed by atoms with van der Waals surface area (Å²) in [6.45, 7) is 4.21. The molecule has 1 saturated heterocycles. The Hall–Kier alpha value is -1.84. The highest BCUT2D eigenvalue weighted by atomic mass is 16.2. The van der Waals surface area contributed by atoms with Crippen LogP contribution in [0.15, 0.2) is 24.3 Å². The summed E-state index contributed by atoms with van der Waals surface area (Å²) < 4.78 is 0. The third kappa shape index (κ3) is 3.56. The topological polar surface area (TPSA) is 49.4 Å². The molecular formula is C15H20N2O2. The van der Waals surface area contributed by atoms with E-state index in [-0.39, 0.29) is 11.8 Å². The molecule has 1 aromatic rings. The van der Waals surface area contributed by atoms with Gasteiger partial charge in [-0.1, -0.05) is 19.1 Å². The van der Waals surface area contributed by atoms with Crippen molar-refractivity contribution in [3.05, 3.63) is 35.4 Å². The predicted octanol–water partition coefficient (Wildman–Crippen LogP) is 1.95. The molecule has 1 N–H and O–H groups in total. The highest BCUT2D eigenvalue weighted by Gasteiger charge is 2.19. The first kappa shape index (κ1) is 13.6. The molecule has 1 fully saturated rings. The Labute approximate surface area is 113 Å². The minimum Gasteiger partial charge on any atom is -0.352 e. The summed E-state index contributed by atoms with van der Waals surface area (Å²) in [6, 6.07) is 7.49. The van der Waals surface area contributed by atoms with E-state index in [1.54, 1.807) is 0 Å². The van der Waals surface area contributed by atoms with Gasteiger partial charge in [0.1, 0.15) is 0 Å². The first-order chi connectivity index (χ1) is 9.20. The second-order valence-corrected chi connectivity index (χ2v) is 4.87. The van der Waals surface area contributed by atoms with Crippen molar-refractivity contribution in [2.24, 2.45) is 0 Å². The second-order valence-electron chi connectivity index (χ2n) is 4.87. The van der Waals surface area contributed by atoms with Crippen molar-refractivity contribution in [2.45, 2.75) is 32.7 Å². The summed E-state index contributed by atoms with van der Waals surface area (Å²) in [4.78, 5) is 25.1. The van der Waals surface area contributed by atoms with Crippen molar-refractivity contribution >= 4 is 11.8 Å². The Morgan fingerprint density at radius 2 is 2.05 bits per heavy atom. The zero-order valence-corrected chi connectivity index (χ0v) is 11.3. The summed E-state index contributed by atoms with van der Waals surface area (Å²) >= 11 is 0. The van der Waals surface area contributed by atoms with Crippen LogP contribution < -0.4 is 5.32 Å². The first-order valence-corrected chi connectivity index (χ1v) is 6.85. The van der Waals surface area contributed by atoms with Crippen molar-refractivity contribution in [1.29, 1.82) is 0 Å². The lowest BCUT2D eigenvalue weighted by atomic mass is 10.1. The third-order valence-electron chi connectivity index (χ3n) is 3.30. The van der Waals surface area contributed by atoms with Crippen LogP contribution in [-0.4, -0.2) is 29.8 Å². The lowest BCUT2D eigenvalue weighted by Crippen LogP contribution is -2.25. The fourth-order valence-corrected chi connectivity index (χ4v) is 2.19. The lowest BCUT2D eigenvalue weighted by Gasteiger charge is -2.15. The second kappa shape index (κ2) is 6.36. The molecule has 4 heteroatoms. The molecule has 19 heavy (non-hydrogen) atoms. The van der Waals surface area contributed by atoms with E-state index in [0.717, 1.165) is 24.9 Å². The van der Waals surface area contributed by atoms with Crippen LogP contribution >= 0.6 is 0 Å². The molecule has 0 spiro atoms. The Morgan fingerprint density at radius 1 is 1.32 bits per heavy atom. The zero-order chi connectivity index (χ0) is 13.7. The van der Waals surface area contributed by atoms with Crippen LogP contribution in [0.1, 0.15) is 42.1 Å². The number of benzene rings is 1. The molecule has 0 unspecified atom stereocenters. The predicted molar refractivity (Wildman–Crippen MR) is 73.7 cm³/mol. The third-order valence-corrected chi connectivity index (χ3v) is 3.30. The summed E-state index contributed by atoms with van der Waals surface area (Å²) in [5.74, 6) is 0.190. The van der Waals surface area contributed by atoms with Gasteiger partial charge in [0, 0.05) is 31.6 Å². The van der Waals surface area contributed by atoms with Gasteiger partial charge in [-0.15, -0.1) is 0 Å². The van der Waals surface area contributed by atoms with E-state index in [0.29, 0.717) is 25.1 Å². The van der Waals surface area contributed by atoms with Gasteiger partial charge in [0.15, 0.2) is 0 Å². The molecule has 2 rings (SSSR count). The van der Waals surface area contributed by atoms with Gasteiger partial charge < -0.3 is 10.2 Å². The van der Waals surface area contributed by atoms with Crippen LogP contribution in [0.3, 0.4) is 0 Å². The van der Waals surface area contributed by atoms with Crippen LogP contribution in [0.25, 0.3) is 0 Å². The lowest BCUT2D eigenvalue weighted by molar-refractivity contribution is -0.128. The Kier molecular flexibility index (Phi) is 4.55. The van der Waals surface area contributed by atoms with Crippen LogP contribution in [0.2, 0.25) is 0 Å². The molecule has 1 aliphatic heterocycles. The summed E-state index contributed by atoms with van der Waals surface area (Å²) in [6.07, 6.45) is 2.55. The van der Waals surface area contributed by atoms with Gasteiger partial charge >= 0.3 is 0 Å². The SMILES string of the molecule is CCCNC(=O)c1ccc(CN2CCCC2=O)cc1. The first-order valence-electron chi connectivity index (χ1n) is 6.85. The number of nitrogens with zero attached hydrogens (tertiary/aromatic N) is 1. The van der Waals surface area contributed by atoms with E-state index in [1.165, 1.54) is 0 Å². The molecule has 0 bridgehead atoms. The monoisotopic (exact) mass is 260 g/mol. The molecule has 1 aliphatic rings. The summed E-state index contributed by atoms with van der Waals surface area (Å²) in [5, 5.41) is 2.84. The number of hydrogen-bond donors (Lipinski definition) is 1. The van der Waals surface area contributed by atoms with E-state index in [1.807, 2.05) is 36.1 Å². The maximum absolute atomic E-state index is 11.7. The molecule has 0 radical (unpaired) electrons. The molecule has 2 amide bonds. The van der Waals surface area contributed by atoms with Crippen molar-refractivity contribution < 1.29 is 9.59 Å². The van der Waals surface area contributed by atoms with Gasteiger partial charge in [-0.25, -0.2) is 0 Å². The van der Waals surface area contributed by atoms with Crippen LogP contribution in [0.4, 0.5) is 0 Å². The summed E-state index contributed by atoms with van der Waals surface area (Å²) in [5.41, 5.74) is 1.74. The zero-order valence-electron chi connectivity index (χ0n) is 11.3. The quantitative estimate of drug-likeness (QED) is 0.879. The summed E-state index contributed by atoms with van der Waals surface area (Å²) in [7, 11) is 0. The van der Waals surface area contributed by atoms with Gasteiger partial charge in [0.05, 0.1) is 0 Å². The molecule has 102 valence electrons. The number of rotatable bonds is 5. The van der Waals surface area contributed by atoms with E-state index < -0.39 is 0 Å². The van der Waals surface area contributed by atoms with E-state index in [2.05, 4.69) is 5.32 Å². The highest BCUT2D eigenvalue weighted by molar-refractivity contribution is 5.94. The van der Waals surface area contributed by atoms with Crippen LogP contribution in [0.5, 0.6) is 0 Å². The molecule has 4 nitrogen and oxygen atoms in total. The van der Waals surface area contributed by atoms with Crippen molar-refractivity contribution in [3.63, 3.8) is 0 Å². The molecule has 1 aromatic carbocycles. The standard InChI is InChI=1S/C15H20N2O2/c1-2-9-16-15(19)13-7-5-12(6-8-13)11-17-10-3-4-14(17)18/h5-8H,2-4,9-11H2,1H3,(H,16,19). The maximum atomic E-state index is 11.7. The minimum atomic E-state index is -0.0364. The molecule has 1 heterocycles. The number of carbonyl (C=O) groups excluding carboxylic acids is 2. The Morgan fingerprint density at radius 3 is 2.63 bits per heavy atom. The molecule has 0 aliphatic carbocycles. The van der Waals surface area contributed by atoms with Crippen LogP contribution in [0, 0.1) is 0 Å². The highest BCUT2D eigenvalue weighted by Crippen LogP contribution is 2.14. The number of carbonyl (C=O) groups is 2. The van der Waals surface area contributed by atoms with Gasteiger partial charge in [0.2, 0.25) is 5.91 Å². The number of nitrogens with one attached hydrogen (secondary N) is 1. The van der Waals surface area contributed by atoms with E-state index in [4.69, 9.17) is 0 Å². The van der Waals surface area contributed by atoms with Gasteiger partial charge in [0.25, 0.3) is 5.91 Å². The average Bonchev–Trinajstić information content (AvgIpc) is 2.82. The molecule has 0 saturated carbocycles. The maximum Gasteiger partial charge on any atom is 0.251 e. The van der Waals surface area contributed by atoms with Crippen molar-refractivity contribution in [1.82, 2.24) is 10.2 Å². The van der Waals surface area contributed by atoms with Crippen molar-refractivity contribution in [3.8, 4) is 0 Å². The minimum absolute atomic E-state index is 0.0364. The molecule has 0 aromatic heterocycles. The molecular weight excluding hydrogens is 240 g/mol. The van der Waals surface area contributed by atoms with Gasteiger partial charge in [-0.05, 0) is 30.5 Å². The largest absolute Gasteiger partial charge is 0.352 e. The smallest absolute Gasteiger partial charge is 0.251 e. The molecule has 0 atom stereocenters. The fraction of sp³-hybridized carbons (Fsp3) is 0.467. The Bertz CT molecular complexity index is 454. The average molecular weight is 260 g/mol. The fourth-order valence-electron chi connectivity index (χ4n) is 2.19. The van der Waals surface area contributed by atoms with Gasteiger partial charge in [-0.3, -0.25) is 9.59 Å². The van der Waals surface area contributed by atoms with E-state index >= 15 is 0 Å². The number of amides is 2. The van der Waals surface area contributed by atoms with Crippen molar-refractivity contribution in [2.75, 3.05) is 13.1 Å². The van der Waals surface area contributed by atoms with E-state index in [9.17, 15) is 9.59 Å². The van der Waals surface area contributed by atoms with Crippen LogP contribution in [-0.2, 0) is 11.3 Å². The number of hydrogen-bond acceptors (Lipinski definition) is 2. The normalized spacial score (nSPS) is 14.8. The van der Waals surface area contributed by atoms with Gasteiger partial charge in [-0.2, -0.15) is 0 Å². The number of likely N-dealkylation sites (tertiary alicyclic amines) is 1.